The molecule has 0 radical (unpaired) electrons. The summed E-state index contributed by atoms with van der Waals surface area (Å²) in [7, 11) is 0. The van der Waals surface area contributed by atoms with Gasteiger partial charge in [0.1, 0.15) is 6.04 Å². The zero-order valence-corrected chi connectivity index (χ0v) is 16.3. The maximum absolute atomic E-state index is 11.9. The van der Waals surface area contributed by atoms with Gasteiger partial charge < -0.3 is 10.2 Å². The summed E-state index contributed by atoms with van der Waals surface area (Å²) in [6.07, 6.45) is 4.32. The number of nitrogens with one attached hydrogen (secondary N) is 2. The normalized spacial score (nSPS) is 23.6. The third-order valence-corrected chi connectivity index (χ3v) is 6.09. The lowest BCUT2D eigenvalue weighted by molar-refractivity contribution is -0.133. The molecular weight excluding hydrogens is 350 g/mol. The molecule has 2 fully saturated rings. The Balaban J connectivity index is 1.61. The lowest BCUT2D eigenvalue weighted by Gasteiger charge is -2.36. The molecule has 0 saturated carbocycles. The van der Waals surface area contributed by atoms with Crippen molar-refractivity contribution in [3.63, 3.8) is 0 Å². The van der Waals surface area contributed by atoms with Gasteiger partial charge in [0, 0.05) is 23.2 Å². The van der Waals surface area contributed by atoms with Gasteiger partial charge in [-0.25, -0.2) is 0 Å². The second kappa shape index (κ2) is 8.40. The predicted molar refractivity (Wildman–Crippen MR) is 105 cm³/mol. The summed E-state index contributed by atoms with van der Waals surface area (Å²) in [5.74, 6) is 0.0245. The summed E-state index contributed by atoms with van der Waals surface area (Å²) >= 11 is 6.56. The number of likely N-dealkylation sites (tertiary alicyclic amines) is 1. The van der Waals surface area contributed by atoms with Crippen LogP contribution < -0.4 is 10.6 Å². The maximum Gasteiger partial charge on any atom is 0.249 e. The van der Waals surface area contributed by atoms with E-state index in [4.69, 9.17) is 11.6 Å². The number of hydrogen-bond acceptors (Lipinski definition) is 4. The van der Waals surface area contributed by atoms with Crippen molar-refractivity contribution >= 4 is 29.1 Å². The third kappa shape index (κ3) is 4.38. The van der Waals surface area contributed by atoms with Gasteiger partial charge in [-0.05, 0) is 69.3 Å². The lowest BCUT2D eigenvalue weighted by atomic mass is 9.88. The van der Waals surface area contributed by atoms with E-state index in [9.17, 15) is 9.59 Å². The van der Waals surface area contributed by atoms with Gasteiger partial charge in [-0.1, -0.05) is 24.6 Å². The molecule has 0 aliphatic carbocycles. The number of carbonyl (C=O) groups excluding carboxylic acids is 2. The standard InChI is InChI=1S/C20H28ClN3O2/c1-3-13(2)24-10-8-14(9-11-24)16-5-4-15(12-17(16)21)22-18-6-7-19(25)23-20(18)26/h4-5,12-14,18,22H,3,6-11H2,1-2H3,(H,23,25,26). The van der Waals surface area contributed by atoms with Crippen molar-refractivity contribution < 1.29 is 9.59 Å². The molecule has 2 atom stereocenters. The molecule has 3 rings (SSSR count). The fourth-order valence-electron chi connectivity index (χ4n) is 3.89. The minimum Gasteiger partial charge on any atom is -0.374 e. The molecule has 2 heterocycles. The molecule has 2 saturated heterocycles. The van der Waals surface area contributed by atoms with Crippen LogP contribution in [0.2, 0.25) is 5.02 Å². The molecule has 2 N–H and O–H groups in total. The molecule has 2 amide bonds. The van der Waals surface area contributed by atoms with Crippen LogP contribution in [0.25, 0.3) is 0 Å². The molecule has 0 aromatic heterocycles. The second-order valence-corrected chi connectivity index (χ2v) is 7.86. The summed E-state index contributed by atoms with van der Waals surface area (Å²) in [6, 6.07) is 6.24. The van der Waals surface area contributed by atoms with Gasteiger partial charge in [-0.15, -0.1) is 0 Å². The zero-order valence-electron chi connectivity index (χ0n) is 15.6. The number of rotatable bonds is 5. The van der Waals surface area contributed by atoms with Crippen molar-refractivity contribution in [2.75, 3.05) is 18.4 Å². The summed E-state index contributed by atoms with van der Waals surface area (Å²) in [6.45, 7) is 6.77. The smallest absolute Gasteiger partial charge is 0.249 e. The average molecular weight is 378 g/mol. The Hall–Kier alpha value is -1.59. The van der Waals surface area contributed by atoms with Gasteiger partial charge in [-0.2, -0.15) is 0 Å². The molecular formula is C20H28ClN3O2. The van der Waals surface area contributed by atoms with Crippen LogP contribution >= 0.6 is 11.6 Å². The second-order valence-electron chi connectivity index (χ2n) is 7.45. The van der Waals surface area contributed by atoms with Gasteiger partial charge in [0.2, 0.25) is 11.8 Å². The molecule has 6 heteroatoms. The van der Waals surface area contributed by atoms with Gasteiger partial charge in [0.25, 0.3) is 0 Å². The number of halogens is 1. The molecule has 2 aliphatic heterocycles. The molecule has 1 aromatic rings. The van der Waals surface area contributed by atoms with E-state index in [2.05, 4.69) is 35.4 Å². The molecule has 26 heavy (non-hydrogen) atoms. The minimum absolute atomic E-state index is 0.204. The van der Waals surface area contributed by atoms with Crippen LogP contribution in [0.4, 0.5) is 5.69 Å². The Morgan fingerprint density at radius 3 is 2.62 bits per heavy atom. The first-order valence-corrected chi connectivity index (χ1v) is 9.99. The number of piperidine rings is 2. The number of benzene rings is 1. The van der Waals surface area contributed by atoms with Gasteiger partial charge >= 0.3 is 0 Å². The van der Waals surface area contributed by atoms with Crippen molar-refractivity contribution in [3.8, 4) is 0 Å². The fraction of sp³-hybridized carbons (Fsp3) is 0.600. The Kier molecular flexibility index (Phi) is 6.20. The molecule has 0 spiro atoms. The van der Waals surface area contributed by atoms with E-state index in [0.29, 0.717) is 24.8 Å². The highest BCUT2D eigenvalue weighted by Crippen LogP contribution is 2.35. The van der Waals surface area contributed by atoms with Crippen LogP contribution in [-0.2, 0) is 9.59 Å². The van der Waals surface area contributed by atoms with E-state index >= 15 is 0 Å². The van der Waals surface area contributed by atoms with Crippen LogP contribution in [0.5, 0.6) is 0 Å². The summed E-state index contributed by atoms with van der Waals surface area (Å²) in [5, 5.41) is 6.32. The van der Waals surface area contributed by atoms with E-state index < -0.39 is 0 Å². The monoisotopic (exact) mass is 377 g/mol. The highest BCUT2D eigenvalue weighted by atomic mass is 35.5. The number of anilines is 1. The molecule has 142 valence electrons. The van der Waals surface area contributed by atoms with Gasteiger partial charge in [0.15, 0.2) is 0 Å². The van der Waals surface area contributed by atoms with Gasteiger partial charge in [-0.3, -0.25) is 14.9 Å². The summed E-state index contributed by atoms with van der Waals surface area (Å²) in [5.41, 5.74) is 2.02. The molecule has 1 aromatic carbocycles. The van der Waals surface area contributed by atoms with Gasteiger partial charge in [0.05, 0.1) is 0 Å². The maximum atomic E-state index is 11.9. The Morgan fingerprint density at radius 2 is 2.00 bits per heavy atom. The highest BCUT2D eigenvalue weighted by molar-refractivity contribution is 6.31. The van der Waals surface area contributed by atoms with Crippen molar-refractivity contribution in [1.29, 1.82) is 0 Å². The largest absolute Gasteiger partial charge is 0.374 e. The number of nitrogens with zero attached hydrogens (tertiary/aromatic N) is 1. The quantitative estimate of drug-likeness (QED) is 0.770. The fourth-order valence-corrected chi connectivity index (χ4v) is 4.22. The van der Waals surface area contributed by atoms with Crippen molar-refractivity contribution in [2.24, 2.45) is 0 Å². The van der Waals surface area contributed by atoms with E-state index in [0.717, 1.165) is 36.6 Å². The van der Waals surface area contributed by atoms with Crippen molar-refractivity contribution in [1.82, 2.24) is 10.2 Å². The first kappa shape index (κ1) is 19.2. The summed E-state index contributed by atoms with van der Waals surface area (Å²) in [4.78, 5) is 25.7. The number of amides is 2. The van der Waals surface area contributed by atoms with Crippen LogP contribution in [0.1, 0.15) is 57.4 Å². The SMILES string of the molecule is CCC(C)N1CCC(c2ccc(NC3CCC(=O)NC3=O)cc2Cl)CC1. The number of hydrogen-bond donors (Lipinski definition) is 2. The molecule has 5 nitrogen and oxygen atoms in total. The molecule has 2 unspecified atom stereocenters. The Morgan fingerprint density at radius 1 is 1.27 bits per heavy atom. The molecule has 2 aliphatic rings. The topological polar surface area (TPSA) is 61.4 Å². The van der Waals surface area contributed by atoms with E-state index in [1.165, 1.54) is 12.0 Å². The van der Waals surface area contributed by atoms with E-state index in [1.807, 2.05) is 12.1 Å². The first-order chi connectivity index (χ1) is 12.5. The zero-order chi connectivity index (χ0) is 18.7. The summed E-state index contributed by atoms with van der Waals surface area (Å²) < 4.78 is 0. The predicted octanol–water partition coefficient (Wildman–Crippen LogP) is 3.54. The average Bonchev–Trinajstić information content (AvgIpc) is 2.64. The highest BCUT2D eigenvalue weighted by Gasteiger charge is 2.27. The van der Waals surface area contributed by atoms with Crippen molar-refractivity contribution in [2.45, 2.75) is 64.0 Å². The van der Waals surface area contributed by atoms with Crippen LogP contribution in [0.15, 0.2) is 18.2 Å². The van der Waals surface area contributed by atoms with Crippen LogP contribution in [-0.4, -0.2) is 41.9 Å². The van der Waals surface area contributed by atoms with Crippen molar-refractivity contribution in [3.05, 3.63) is 28.8 Å². The van der Waals surface area contributed by atoms with Crippen LogP contribution in [0.3, 0.4) is 0 Å². The van der Waals surface area contributed by atoms with Crippen LogP contribution in [0, 0.1) is 0 Å². The van der Waals surface area contributed by atoms with E-state index in [-0.39, 0.29) is 17.9 Å². The Labute approximate surface area is 160 Å². The first-order valence-electron chi connectivity index (χ1n) is 9.61. The lowest BCUT2D eigenvalue weighted by Crippen LogP contribution is -2.47. The molecule has 0 bridgehead atoms. The number of imide groups is 1. The number of carbonyl (C=O) groups is 2. The van der Waals surface area contributed by atoms with E-state index in [1.54, 1.807) is 0 Å². The minimum atomic E-state index is -0.381. The third-order valence-electron chi connectivity index (χ3n) is 5.76. The Bertz CT molecular complexity index is 671.